The second-order valence-electron chi connectivity index (χ2n) is 3.87. The molecule has 0 aliphatic heterocycles. The van der Waals surface area contributed by atoms with Crippen molar-refractivity contribution >= 4 is 16.6 Å². The van der Waals surface area contributed by atoms with Gasteiger partial charge in [0.1, 0.15) is 0 Å². The molecule has 0 unspecified atom stereocenters. The molecule has 0 fully saturated rings. The van der Waals surface area contributed by atoms with Gasteiger partial charge in [0.25, 0.3) is 0 Å². The van der Waals surface area contributed by atoms with Gasteiger partial charge in [0.05, 0.1) is 11.2 Å². The van der Waals surface area contributed by atoms with Crippen LogP contribution in [0.1, 0.15) is 12.5 Å². The molecule has 0 aliphatic rings. The van der Waals surface area contributed by atoms with Crippen LogP contribution in [0.5, 0.6) is 0 Å². The second kappa shape index (κ2) is 4.49. The first-order chi connectivity index (χ1) is 7.77. The van der Waals surface area contributed by atoms with Crippen molar-refractivity contribution in [2.45, 2.75) is 13.5 Å². The monoisotopic (exact) mass is 215 g/mol. The van der Waals surface area contributed by atoms with E-state index in [4.69, 9.17) is 5.73 Å². The van der Waals surface area contributed by atoms with E-state index in [0.717, 1.165) is 17.6 Å². The molecule has 1 aromatic heterocycles. The summed E-state index contributed by atoms with van der Waals surface area (Å²) in [5, 5.41) is 1.18. The van der Waals surface area contributed by atoms with Gasteiger partial charge in [-0.2, -0.15) is 0 Å². The Labute approximate surface area is 95.9 Å². The number of benzene rings is 1. The summed E-state index contributed by atoms with van der Waals surface area (Å²) >= 11 is 0. The number of hydrogen-bond acceptors (Lipinski definition) is 3. The largest absolute Gasteiger partial charge is 0.374 e. The topological polar surface area (TPSA) is 42.1 Å². The third-order valence-electron chi connectivity index (χ3n) is 2.90. The standard InChI is InChI=1S/C13H17N3/c1-3-16(2)13-10(8-14)9-15-12-7-5-4-6-11(12)13/h4-7,9H,3,8,14H2,1-2H3. The lowest BCUT2D eigenvalue weighted by molar-refractivity contribution is 0.943. The van der Waals surface area contributed by atoms with Crippen LogP contribution in [-0.4, -0.2) is 18.6 Å². The summed E-state index contributed by atoms with van der Waals surface area (Å²) in [5.41, 5.74) is 9.09. The summed E-state index contributed by atoms with van der Waals surface area (Å²) in [7, 11) is 2.08. The number of nitrogens with two attached hydrogens (primary N) is 1. The fraction of sp³-hybridized carbons (Fsp3) is 0.308. The highest BCUT2D eigenvalue weighted by Crippen LogP contribution is 2.28. The Hall–Kier alpha value is -1.61. The Kier molecular flexibility index (Phi) is 3.06. The smallest absolute Gasteiger partial charge is 0.0723 e. The Morgan fingerprint density at radius 3 is 2.75 bits per heavy atom. The average Bonchev–Trinajstić information content (AvgIpc) is 2.36. The average molecular weight is 215 g/mol. The van der Waals surface area contributed by atoms with Crippen LogP contribution in [0.15, 0.2) is 30.5 Å². The highest BCUT2D eigenvalue weighted by Gasteiger charge is 2.10. The third kappa shape index (κ3) is 1.74. The SMILES string of the molecule is CCN(C)c1c(CN)cnc2ccccc12. The predicted molar refractivity (Wildman–Crippen MR) is 68.6 cm³/mol. The number of fused-ring (bicyclic) bond motifs is 1. The Balaban J connectivity index is 2.72. The maximum absolute atomic E-state index is 5.77. The van der Waals surface area contributed by atoms with E-state index in [1.54, 1.807) is 0 Å². The van der Waals surface area contributed by atoms with Gasteiger partial charge in [-0.15, -0.1) is 0 Å². The van der Waals surface area contributed by atoms with Crippen LogP contribution in [0.25, 0.3) is 10.9 Å². The van der Waals surface area contributed by atoms with E-state index in [1.165, 1.54) is 11.1 Å². The molecule has 3 nitrogen and oxygen atoms in total. The van der Waals surface area contributed by atoms with Gasteiger partial charge in [-0.1, -0.05) is 18.2 Å². The van der Waals surface area contributed by atoms with Gasteiger partial charge >= 0.3 is 0 Å². The highest BCUT2D eigenvalue weighted by molar-refractivity contribution is 5.93. The normalized spacial score (nSPS) is 10.7. The fourth-order valence-corrected chi connectivity index (χ4v) is 1.93. The van der Waals surface area contributed by atoms with Crippen LogP contribution in [-0.2, 0) is 6.54 Å². The molecule has 16 heavy (non-hydrogen) atoms. The summed E-state index contributed by atoms with van der Waals surface area (Å²) in [6, 6.07) is 8.18. The second-order valence-corrected chi connectivity index (χ2v) is 3.87. The van der Waals surface area contributed by atoms with Crippen molar-refractivity contribution < 1.29 is 0 Å². The van der Waals surface area contributed by atoms with Crippen molar-refractivity contribution in [3.8, 4) is 0 Å². The van der Waals surface area contributed by atoms with Gasteiger partial charge in [0.15, 0.2) is 0 Å². The minimum atomic E-state index is 0.525. The molecule has 3 heteroatoms. The number of aromatic nitrogens is 1. The lowest BCUT2D eigenvalue weighted by Gasteiger charge is -2.22. The molecule has 0 saturated carbocycles. The number of para-hydroxylation sites is 1. The van der Waals surface area contributed by atoms with Crippen LogP contribution >= 0.6 is 0 Å². The first-order valence-electron chi connectivity index (χ1n) is 5.55. The first-order valence-corrected chi connectivity index (χ1v) is 5.55. The fourth-order valence-electron chi connectivity index (χ4n) is 1.93. The Morgan fingerprint density at radius 1 is 1.31 bits per heavy atom. The van der Waals surface area contributed by atoms with Crippen molar-refractivity contribution in [3.05, 3.63) is 36.0 Å². The first kappa shape index (κ1) is 10.9. The third-order valence-corrected chi connectivity index (χ3v) is 2.90. The van der Waals surface area contributed by atoms with E-state index in [-0.39, 0.29) is 0 Å². The van der Waals surface area contributed by atoms with Crippen LogP contribution in [0.3, 0.4) is 0 Å². The van der Waals surface area contributed by atoms with E-state index < -0.39 is 0 Å². The van der Waals surface area contributed by atoms with Crippen molar-refractivity contribution in [2.24, 2.45) is 5.73 Å². The number of hydrogen-bond donors (Lipinski definition) is 1. The minimum Gasteiger partial charge on any atom is -0.374 e. The molecule has 0 bridgehead atoms. The lowest BCUT2D eigenvalue weighted by Crippen LogP contribution is -2.19. The van der Waals surface area contributed by atoms with Crippen LogP contribution in [0.4, 0.5) is 5.69 Å². The van der Waals surface area contributed by atoms with Gasteiger partial charge in [-0.3, -0.25) is 4.98 Å². The van der Waals surface area contributed by atoms with E-state index >= 15 is 0 Å². The molecule has 0 amide bonds. The van der Waals surface area contributed by atoms with Gasteiger partial charge in [0, 0.05) is 37.3 Å². The molecule has 84 valence electrons. The quantitative estimate of drug-likeness (QED) is 0.853. The molecule has 0 aliphatic carbocycles. The predicted octanol–water partition coefficient (Wildman–Crippen LogP) is 2.15. The number of rotatable bonds is 3. The molecule has 0 radical (unpaired) electrons. The van der Waals surface area contributed by atoms with Gasteiger partial charge in [-0.05, 0) is 13.0 Å². The van der Waals surface area contributed by atoms with E-state index in [2.05, 4.69) is 29.9 Å². The molecule has 1 aromatic carbocycles. The van der Waals surface area contributed by atoms with Gasteiger partial charge in [0.2, 0.25) is 0 Å². The van der Waals surface area contributed by atoms with E-state index in [9.17, 15) is 0 Å². The number of pyridine rings is 1. The van der Waals surface area contributed by atoms with Crippen LogP contribution in [0, 0.1) is 0 Å². The minimum absolute atomic E-state index is 0.525. The van der Waals surface area contributed by atoms with Crippen LogP contribution in [0.2, 0.25) is 0 Å². The summed E-state index contributed by atoms with van der Waals surface area (Å²) < 4.78 is 0. The van der Waals surface area contributed by atoms with E-state index in [1.807, 2.05) is 24.4 Å². The molecular formula is C13H17N3. The maximum Gasteiger partial charge on any atom is 0.0723 e. The Bertz CT molecular complexity index is 494. The zero-order valence-corrected chi connectivity index (χ0v) is 9.77. The zero-order chi connectivity index (χ0) is 11.5. The van der Waals surface area contributed by atoms with Crippen molar-refractivity contribution in [2.75, 3.05) is 18.5 Å². The molecule has 2 rings (SSSR count). The van der Waals surface area contributed by atoms with Crippen molar-refractivity contribution in [1.82, 2.24) is 4.98 Å². The molecule has 2 N–H and O–H groups in total. The van der Waals surface area contributed by atoms with E-state index in [0.29, 0.717) is 6.54 Å². The zero-order valence-electron chi connectivity index (χ0n) is 9.77. The summed E-state index contributed by atoms with van der Waals surface area (Å²) in [5.74, 6) is 0. The van der Waals surface area contributed by atoms with Crippen LogP contribution < -0.4 is 10.6 Å². The van der Waals surface area contributed by atoms with Gasteiger partial charge in [-0.25, -0.2) is 0 Å². The molecule has 0 saturated heterocycles. The van der Waals surface area contributed by atoms with Gasteiger partial charge < -0.3 is 10.6 Å². The maximum atomic E-state index is 5.77. The lowest BCUT2D eigenvalue weighted by atomic mass is 10.1. The Morgan fingerprint density at radius 2 is 2.06 bits per heavy atom. The molecule has 2 aromatic rings. The summed E-state index contributed by atoms with van der Waals surface area (Å²) in [6.45, 7) is 3.62. The summed E-state index contributed by atoms with van der Waals surface area (Å²) in [6.07, 6.45) is 1.88. The van der Waals surface area contributed by atoms with Crippen molar-refractivity contribution in [1.29, 1.82) is 0 Å². The molecular weight excluding hydrogens is 198 g/mol. The number of nitrogens with zero attached hydrogens (tertiary/aromatic N) is 2. The number of anilines is 1. The molecule has 0 atom stereocenters. The van der Waals surface area contributed by atoms with Crippen molar-refractivity contribution in [3.63, 3.8) is 0 Å². The summed E-state index contributed by atoms with van der Waals surface area (Å²) in [4.78, 5) is 6.64. The highest BCUT2D eigenvalue weighted by atomic mass is 15.1. The molecule has 0 spiro atoms. The molecule has 1 heterocycles.